The molecule has 1 saturated heterocycles. The van der Waals surface area contributed by atoms with Crippen LogP contribution in [0.15, 0.2) is 60.0 Å². The van der Waals surface area contributed by atoms with E-state index in [0.717, 1.165) is 24.4 Å². The van der Waals surface area contributed by atoms with E-state index in [9.17, 15) is 9.59 Å². The quantitative estimate of drug-likeness (QED) is 0.500. The smallest absolute Gasteiger partial charge is 0.264 e. The fourth-order valence-electron chi connectivity index (χ4n) is 3.94. The Hall–Kier alpha value is -2.48. The maximum atomic E-state index is 13.1. The molecule has 1 fully saturated rings. The van der Waals surface area contributed by atoms with Crippen LogP contribution in [0.3, 0.4) is 0 Å². The number of aryl methyl sites for hydroxylation is 1. The second-order valence-corrected chi connectivity index (χ2v) is 10.4. The van der Waals surface area contributed by atoms with Gasteiger partial charge in [-0.2, -0.15) is 0 Å². The Balaban J connectivity index is 1.33. The lowest BCUT2D eigenvalue weighted by molar-refractivity contribution is -0.134. The molecular formula is C25H29N3O2S2. The topological polar surface area (TPSA) is 43.9 Å². The van der Waals surface area contributed by atoms with E-state index in [1.54, 1.807) is 11.3 Å². The Morgan fingerprint density at radius 2 is 1.69 bits per heavy atom. The third-order valence-corrected chi connectivity index (χ3v) is 7.59. The van der Waals surface area contributed by atoms with Crippen LogP contribution in [0.4, 0.5) is 0 Å². The molecule has 5 nitrogen and oxygen atoms in total. The van der Waals surface area contributed by atoms with Crippen molar-refractivity contribution in [2.75, 3.05) is 39.3 Å². The highest BCUT2D eigenvalue weighted by molar-refractivity contribution is 7.12. The standard InChI is InChI=1S/C25H29N3O2S2/c1-20-9-10-22(32-20)18-26(12-11-21-6-3-2-4-7-21)19-24(29)27-13-15-28(16-14-27)25(30)23-8-5-17-31-23/h2-10,17H,11-16,18-19H2,1H3. The van der Waals surface area contributed by atoms with Crippen LogP contribution in [0.25, 0.3) is 0 Å². The highest BCUT2D eigenvalue weighted by Crippen LogP contribution is 2.18. The molecule has 0 aliphatic carbocycles. The first-order valence-electron chi connectivity index (χ1n) is 11.0. The van der Waals surface area contributed by atoms with Crippen molar-refractivity contribution in [2.45, 2.75) is 19.9 Å². The van der Waals surface area contributed by atoms with Gasteiger partial charge in [0.05, 0.1) is 11.4 Å². The molecule has 1 aliphatic heterocycles. The number of amides is 2. The van der Waals surface area contributed by atoms with Crippen molar-refractivity contribution in [3.63, 3.8) is 0 Å². The maximum absolute atomic E-state index is 13.1. The summed E-state index contributed by atoms with van der Waals surface area (Å²) in [6.07, 6.45) is 0.918. The van der Waals surface area contributed by atoms with Crippen molar-refractivity contribution in [1.29, 1.82) is 0 Å². The largest absolute Gasteiger partial charge is 0.338 e. The monoisotopic (exact) mass is 467 g/mol. The van der Waals surface area contributed by atoms with E-state index in [1.807, 2.05) is 33.4 Å². The molecule has 0 radical (unpaired) electrons. The second-order valence-electron chi connectivity index (χ2n) is 8.11. The minimum atomic E-state index is 0.0738. The van der Waals surface area contributed by atoms with Crippen molar-refractivity contribution in [3.05, 3.63) is 80.2 Å². The van der Waals surface area contributed by atoms with Crippen molar-refractivity contribution >= 4 is 34.5 Å². The Kier molecular flexibility index (Phi) is 7.73. The van der Waals surface area contributed by atoms with Gasteiger partial charge in [-0.05, 0) is 42.5 Å². The van der Waals surface area contributed by atoms with E-state index in [2.05, 4.69) is 48.2 Å². The van der Waals surface area contributed by atoms with Crippen LogP contribution in [-0.2, 0) is 17.8 Å². The molecule has 168 valence electrons. The maximum Gasteiger partial charge on any atom is 0.264 e. The summed E-state index contributed by atoms with van der Waals surface area (Å²) < 4.78 is 0. The first-order chi connectivity index (χ1) is 15.6. The zero-order valence-electron chi connectivity index (χ0n) is 18.4. The molecule has 1 aromatic carbocycles. The molecule has 2 amide bonds. The summed E-state index contributed by atoms with van der Waals surface area (Å²) >= 11 is 3.26. The highest BCUT2D eigenvalue weighted by Gasteiger charge is 2.26. The molecule has 1 aliphatic rings. The number of hydrogen-bond acceptors (Lipinski definition) is 5. The Morgan fingerprint density at radius 3 is 2.34 bits per heavy atom. The Labute approximate surface area is 197 Å². The summed E-state index contributed by atoms with van der Waals surface area (Å²) in [5.41, 5.74) is 1.29. The molecule has 0 saturated carbocycles. The first kappa shape index (κ1) is 22.7. The number of nitrogens with zero attached hydrogens (tertiary/aromatic N) is 3. The summed E-state index contributed by atoms with van der Waals surface area (Å²) in [6, 6.07) is 18.5. The Bertz CT molecular complexity index is 1010. The fourth-order valence-corrected chi connectivity index (χ4v) is 5.57. The van der Waals surface area contributed by atoms with Gasteiger partial charge in [0.25, 0.3) is 5.91 Å². The van der Waals surface area contributed by atoms with E-state index in [0.29, 0.717) is 32.7 Å². The number of piperazine rings is 1. The van der Waals surface area contributed by atoms with Gasteiger partial charge in [0, 0.05) is 49.0 Å². The molecule has 4 rings (SSSR count). The van der Waals surface area contributed by atoms with Gasteiger partial charge < -0.3 is 9.80 Å². The van der Waals surface area contributed by atoms with Crippen molar-refractivity contribution in [1.82, 2.24) is 14.7 Å². The van der Waals surface area contributed by atoms with Gasteiger partial charge in [-0.25, -0.2) is 0 Å². The predicted octanol–water partition coefficient (Wildman–Crippen LogP) is 4.15. The van der Waals surface area contributed by atoms with Crippen molar-refractivity contribution < 1.29 is 9.59 Å². The van der Waals surface area contributed by atoms with Crippen molar-refractivity contribution in [3.8, 4) is 0 Å². The van der Waals surface area contributed by atoms with Crippen LogP contribution in [-0.4, -0.2) is 65.8 Å². The van der Waals surface area contributed by atoms with E-state index >= 15 is 0 Å². The van der Waals surface area contributed by atoms with Gasteiger partial charge in [-0.1, -0.05) is 36.4 Å². The van der Waals surface area contributed by atoms with Gasteiger partial charge in [-0.3, -0.25) is 14.5 Å². The van der Waals surface area contributed by atoms with Gasteiger partial charge >= 0.3 is 0 Å². The number of thiophene rings is 2. The third-order valence-electron chi connectivity index (χ3n) is 5.75. The second kappa shape index (κ2) is 10.9. The van der Waals surface area contributed by atoms with E-state index in [1.165, 1.54) is 26.7 Å². The molecule has 2 aromatic heterocycles. The van der Waals surface area contributed by atoms with Gasteiger partial charge in [-0.15, -0.1) is 22.7 Å². The summed E-state index contributed by atoms with van der Waals surface area (Å²) in [7, 11) is 0. The minimum Gasteiger partial charge on any atom is -0.338 e. The third kappa shape index (κ3) is 6.06. The minimum absolute atomic E-state index is 0.0738. The number of benzene rings is 1. The molecule has 0 unspecified atom stereocenters. The summed E-state index contributed by atoms with van der Waals surface area (Å²) in [5, 5.41) is 1.92. The van der Waals surface area contributed by atoms with Crippen LogP contribution < -0.4 is 0 Å². The molecule has 32 heavy (non-hydrogen) atoms. The van der Waals surface area contributed by atoms with Crippen LogP contribution in [0.5, 0.6) is 0 Å². The highest BCUT2D eigenvalue weighted by atomic mass is 32.1. The molecule has 3 heterocycles. The zero-order valence-corrected chi connectivity index (χ0v) is 20.0. The average Bonchev–Trinajstić information content (AvgIpc) is 3.50. The van der Waals surface area contributed by atoms with Gasteiger partial charge in [0.15, 0.2) is 0 Å². The van der Waals surface area contributed by atoms with Crippen LogP contribution in [0.2, 0.25) is 0 Å². The van der Waals surface area contributed by atoms with Gasteiger partial charge in [0.1, 0.15) is 0 Å². The molecule has 7 heteroatoms. The first-order valence-corrected chi connectivity index (χ1v) is 12.7. The number of rotatable bonds is 8. The van der Waals surface area contributed by atoms with Crippen LogP contribution in [0, 0.1) is 6.92 Å². The number of carbonyl (C=O) groups is 2. The summed E-state index contributed by atoms with van der Waals surface area (Å²) in [5.74, 6) is 0.221. The van der Waals surface area contributed by atoms with E-state index < -0.39 is 0 Å². The SMILES string of the molecule is Cc1ccc(CN(CCc2ccccc2)CC(=O)N2CCN(C(=O)c3cccs3)CC2)s1. The van der Waals surface area contributed by atoms with Gasteiger partial charge in [0.2, 0.25) is 5.91 Å². The molecule has 0 spiro atoms. The predicted molar refractivity (Wildman–Crippen MR) is 131 cm³/mol. The summed E-state index contributed by atoms with van der Waals surface area (Å²) in [6.45, 7) is 6.53. The average molecular weight is 468 g/mol. The van der Waals surface area contributed by atoms with Crippen LogP contribution in [0.1, 0.15) is 25.0 Å². The zero-order chi connectivity index (χ0) is 22.3. The van der Waals surface area contributed by atoms with E-state index in [4.69, 9.17) is 0 Å². The summed E-state index contributed by atoms with van der Waals surface area (Å²) in [4.78, 5) is 35.0. The molecule has 3 aromatic rings. The lowest BCUT2D eigenvalue weighted by atomic mass is 10.1. The lowest BCUT2D eigenvalue weighted by Crippen LogP contribution is -2.52. The Morgan fingerprint density at radius 1 is 0.938 bits per heavy atom. The van der Waals surface area contributed by atoms with Crippen molar-refractivity contribution in [2.24, 2.45) is 0 Å². The molecule has 0 atom stereocenters. The van der Waals surface area contributed by atoms with Crippen LogP contribution >= 0.6 is 22.7 Å². The number of carbonyl (C=O) groups excluding carboxylic acids is 2. The number of hydrogen-bond donors (Lipinski definition) is 0. The normalized spacial score (nSPS) is 14.2. The van der Waals surface area contributed by atoms with E-state index in [-0.39, 0.29) is 11.8 Å². The lowest BCUT2D eigenvalue weighted by Gasteiger charge is -2.35. The molecule has 0 N–H and O–H groups in total. The fraction of sp³-hybridized carbons (Fsp3) is 0.360. The molecular weight excluding hydrogens is 438 g/mol. The molecule has 0 bridgehead atoms.